The van der Waals surface area contributed by atoms with E-state index in [1.165, 1.54) is 24.3 Å². The lowest BCUT2D eigenvalue weighted by Gasteiger charge is -2.20. The lowest BCUT2D eigenvalue weighted by atomic mass is 10.0. The molecule has 3 rings (SSSR count). The molecular formula is C20H20N4O5. The average molecular weight is 396 g/mol. The fourth-order valence-electron chi connectivity index (χ4n) is 3.04. The van der Waals surface area contributed by atoms with Crippen LogP contribution in [0.4, 0.5) is 11.4 Å². The van der Waals surface area contributed by atoms with Gasteiger partial charge in [-0.15, -0.1) is 0 Å². The summed E-state index contributed by atoms with van der Waals surface area (Å²) in [6.45, 7) is 0. The largest absolute Gasteiger partial charge is 0.344 e. The summed E-state index contributed by atoms with van der Waals surface area (Å²) < 4.78 is 0. The van der Waals surface area contributed by atoms with Crippen molar-refractivity contribution in [3.8, 4) is 0 Å². The van der Waals surface area contributed by atoms with Gasteiger partial charge in [0.1, 0.15) is 12.1 Å². The van der Waals surface area contributed by atoms with Crippen molar-refractivity contribution in [2.45, 2.75) is 31.3 Å². The third-order valence-corrected chi connectivity index (χ3v) is 4.57. The number of hydrogen-bond acceptors (Lipinski definition) is 5. The van der Waals surface area contributed by atoms with Crippen LogP contribution in [-0.4, -0.2) is 34.7 Å². The van der Waals surface area contributed by atoms with Crippen LogP contribution in [-0.2, 0) is 20.8 Å². The summed E-state index contributed by atoms with van der Waals surface area (Å²) in [6.07, 6.45) is 0.912. The highest BCUT2D eigenvalue weighted by molar-refractivity contribution is 5.99. The first-order valence-corrected chi connectivity index (χ1v) is 9.11. The zero-order valence-corrected chi connectivity index (χ0v) is 15.5. The van der Waals surface area contributed by atoms with Crippen LogP contribution in [0.25, 0.3) is 0 Å². The van der Waals surface area contributed by atoms with Crippen LogP contribution >= 0.6 is 0 Å². The highest BCUT2D eigenvalue weighted by Crippen LogP contribution is 2.16. The van der Waals surface area contributed by atoms with Gasteiger partial charge in [0, 0.05) is 30.7 Å². The molecule has 0 bridgehead atoms. The van der Waals surface area contributed by atoms with E-state index in [0.717, 1.165) is 5.56 Å². The number of rotatable bonds is 7. The maximum atomic E-state index is 12.8. The standard InChI is InChI=1S/C20H20N4O5/c25-18-11-10-16(22-18)19(26)23-17(12-13-4-2-1-3-5-13)20(27)21-14-6-8-15(9-7-14)24(28)29/h1-9,16-17H,10-12H2,(H,21,27)(H,22,25)(H,23,26). The van der Waals surface area contributed by atoms with E-state index in [2.05, 4.69) is 16.0 Å². The van der Waals surface area contributed by atoms with Gasteiger partial charge in [-0.2, -0.15) is 0 Å². The van der Waals surface area contributed by atoms with Crippen LogP contribution in [0.2, 0.25) is 0 Å². The van der Waals surface area contributed by atoms with Crippen LogP contribution in [0.3, 0.4) is 0 Å². The zero-order chi connectivity index (χ0) is 20.8. The van der Waals surface area contributed by atoms with Crippen LogP contribution in [0, 0.1) is 10.1 Å². The van der Waals surface area contributed by atoms with E-state index < -0.39 is 28.8 Å². The molecule has 1 fully saturated rings. The first-order chi connectivity index (χ1) is 13.9. The molecule has 1 saturated heterocycles. The number of anilines is 1. The van der Waals surface area contributed by atoms with Crippen molar-refractivity contribution >= 4 is 29.1 Å². The summed E-state index contributed by atoms with van der Waals surface area (Å²) in [5.41, 5.74) is 1.14. The second-order valence-electron chi connectivity index (χ2n) is 6.70. The number of amides is 3. The van der Waals surface area contributed by atoms with Crippen molar-refractivity contribution in [2.24, 2.45) is 0 Å². The smallest absolute Gasteiger partial charge is 0.269 e. The van der Waals surface area contributed by atoms with Gasteiger partial charge in [0.15, 0.2) is 0 Å². The third-order valence-electron chi connectivity index (χ3n) is 4.57. The Balaban J connectivity index is 1.72. The molecule has 2 aromatic carbocycles. The summed E-state index contributed by atoms with van der Waals surface area (Å²) in [5.74, 6) is -1.07. The molecule has 9 heteroatoms. The lowest BCUT2D eigenvalue weighted by molar-refractivity contribution is -0.384. The second kappa shape index (κ2) is 8.96. The number of nitro groups is 1. The highest BCUT2D eigenvalue weighted by Gasteiger charge is 2.30. The SMILES string of the molecule is O=C1CCC(C(=O)NC(Cc2ccccc2)C(=O)Nc2ccc([N+](=O)[O-])cc2)N1. The molecule has 2 atom stereocenters. The summed E-state index contributed by atoms with van der Waals surface area (Å²) in [6, 6.07) is 13.1. The molecule has 150 valence electrons. The van der Waals surface area contributed by atoms with Gasteiger partial charge >= 0.3 is 0 Å². The zero-order valence-electron chi connectivity index (χ0n) is 15.5. The number of nitro benzene ring substituents is 1. The first kappa shape index (κ1) is 20.0. The number of benzene rings is 2. The number of carbonyl (C=O) groups is 3. The minimum atomic E-state index is -0.877. The third kappa shape index (κ3) is 5.38. The molecule has 1 aliphatic rings. The predicted octanol–water partition coefficient (Wildman–Crippen LogP) is 1.54. The lowest BCUT2D eigenvalue weighted by Crippen LogP contribution is -2.51. The Morgan fingerprint density at radius 3 is 2.41 bits per heavy atom. The Morgan fingerprint density at radius 2 is 1.83 bits per heavy atom. The Hall–Kier alpha value is -3.75. The maximum absolute atomic E-state index is 12.8. The number of hydrogen-bond donors (Lipinski definition) is 3. The molecule has 0 saturated carbocycles. The van der Waals surface area contributed by atoms with E-state index in [0.29, 0.717) is 12.1 Å². The van der Waals surface area contributed by atoms with Crippen molar-refractivity contribution in [1.29, 1.82) is 0 Å². The molecule has 1 heterocycles. The number of nitrogens with zero attached hydrogens (tertiary/aromatic N) is 1. The fraction of sp³-hybridized carbons (Fsp3) is 0.250. The molecule has 0 aromatic heterocycles. The highest BCUT2D eigenvalue weighted by atomic mass is 16.6. The molecule has 29 heavy (non-hydrogen) atoms. The molecule has 2 unspecified atom stereocenters. The van der Waals surface area contributed by atoms with Crippen molar-refractivity contribution in [1.82, 2.24) is 10.6 Å². The van der Waals surface area contributed by atoms with Gasteiger partial charge in [-0.3, -0.25) is 24.5 Å². The van der Waals surface area contributed by atoms with E-state index in [4.69, 9.17) is 0 Å². The van der Waals surface area contributed by atoms with Gasteiger partial charge in [0.2, 0.25) is 17.7 Å². The van der Waals surface area contributed by atoms with Gasteiger partial charge in [-0.1, -0.05) is 30.3 Å². The van der Waals surface area contributed by atoms with Crippen molar-refractivity contribution < 1.29 is 19.3 Å². The topological polar surface area (TPSA) is 130 Å². The van der Waals surface area contributed by atoms with Gasteiger partial charge < -0.3 is 16.0 Å². The van der Waals surface area contributed by atoms with E-state index in [9.17, 15) is 24.5 Å². The monoisotopic (exact) mass is 396 g/mol. The molecular weight excluding hydrogens is 376 g/mol. The predicted molar refractivity (Wildman–Crippen MR) is 105 cm³/mol. The number of nitrogens with one attached hydrogen (secondary N) is 3. The van der Waals surface area contributed by atoms with E-state index in [1.54, 1.807) is 0 Å². The van der Waals surface area contributed by atoms with Crippen LogP contribution in [0.15, 0.2) is 54.6 Å². The Kier molecular flexibility index (Phi) is 6.18. The van der Waals surface area contributed by atoms with Crippen molar-refractivity contribution in [3.05, 3.63) is 70.3 Å². The molecule has 1 aliphatic heterocycles. The van der Waals surface area contributed by atoms with Crippen LogP contribution < -0.4 is 16.0 Å². The van der Waals surface area contributed by atoms with Gasteiger partial charge in [-0.25, -0.2) is 0 Å². The number of non-ortho nitro benzene ring substituents is 1. The molecule has 0 radical (unpaired) electrons. The van der Waals surface area contributed by atoms with Gasteiger partial charge in [-0.05, 0) is 24.1 Å². The average Bonchev–Trinajstić information content (AvgIpc) is 3.15. The van der Waals surface area contributed by atoms with Crippen LogP contribution in [0.1, 0.15) is 18.4 Å². The quantitative estimate of drug-likeness (QED) is 0.483. The Morgan fingerprint density at radius 1 is 1.14 bits per heavy atom. The minimum absolute atomic E-state index is 0.0888. The van der Waals surface area contributed by atoms with E-state index >= 15 is 0 Å². The van der Waals surface area contributed by atoms with Crippen molar-refractivity contribution in [3.63, 3.8) is 0 Å². The molecule has 9 nitrogen and oxygen atoms in total. The first-order valence-electron chi connectivity index (χ1n) is 9.11. The van der Waals surface area contributed by atoms with E-state index in [1.807, 2.05) is 30.3 Å². The van der Waals surface area contributed by atoms with Gasteiger partial charge in [0.05, 0.1) is 4.92 Å². The maximum Gasteiger partial charge on any atom is 0.269 e. The summed E-state index contributed by atoms with van der Waals surface area (Å²) in [7, 11) is 0. The van der Waals surface area contributed by atoms with E-state index in [-0.39, 0.29) is 24.4 Å². The van der Waals surface area contributed by atoms with Gasteiger partial charge in [0.25, 0.3) is 5.69 Å². The normalized spacial score (nSPS) is 16.6. The summed E-state index contributed by atoms with van der Waals surface area (Å²) in [4.78, 5) is 46.9. The Labute approximate surface area is 166 Å². The van der Waals surface area contributed by atoms with Crippen LogP contribution in [0.5, 0.6) is 0 Å². The van der Waals surface area contributed by atoms with Crippen molar-refractivity contribution in [2.75, 3.05) is 5.32 Å². The fourth-order valence-corrected chi connectivity index (χ4v) is 3.04. The second-order valence-corrected chi connectivity index (χ2v) is 6.70. The Bertz CT molecular complexity index is 914. The molecule has 0 spiro atoms. The molecule has 0 aliphatic carbocycles. The summed E-state index contributed by atoms with van der Waals surface area (Å²) in [5, 5.41) is 18.7. The summed E-state index contributed by atoms with van der Waals surface area (Å²) >= 11 is 0. The minimum Gasteiger partial charge on any atom is -0.344 e. The molecule has 2 aromatic rings. The number of carbonyl (C=O) groups excluding carboxylic acids is 3. The molecule has 3 N–H and O–H groups in total. The molecule has 3 amide bonds.